The summed E-state index contributed by atoms with van der Waals surface area (Å²) in [6.45, 7) is -12.6. The highest BCUT2D eigenvalue weighted by atomic mass is 19.1. The number of carbonyl (C=O) groups excluding carboxylic acids is 4. The molecule has 5 rings (SSSR count). The first-order valence-corrected chi connectivity index (χ1v) is 9.79. The van der Waals surface area contributed by atoms with E-state index in [2.05, 4.69) is 5.32 Å². The van der Waals surface area contributed by atoms with Gasteiger partial charge in [-0.25, -0.2) is 4.39 Å². The van der Waals surface area contributed by atoms with Gasteiger partial charge in [0.15, 0.2) is 5.82 Å². The Balaban J connectivity index is 1.59. The standard InChI is InChI=1S/C21H24FN5O4/c22-18-14(26-7-5-25(6-8-26)11-12-9-23-10-12)2-1-13-17(18)21(31)27(20(13)30)15-3-4-16(28)24-19(15)29/h1-2,12,15,23H,3-11H2,(H,24,28,29)/i5D2,6D2,7D2,8D2. The Hall–Kier alpha value is -2.85. The summed E-state index contributed by atoms with van der Waals surface area (Å²) >= 11 is 0. The Morgan fingerprint density at radius 3 is 2.45 bits per heavy atom. The number of halogens is 1. The lowest BCUT2D eigenvalue weighted by molar-refractivity contribution is -0.136. The highest BCUT2D eigenvalue weighted by Crippen LogP contribution is 2.34. The van der Waals surface area contributed by atoms with E-state index in [0.717, 1.165) is 12.1 Å². The molecule has 1 atom stereocenters. The fourth-order valence-corrected chi connectivity index (χ4v) is 3.90. The molecule has 9 nitrogen and oxygen atoms in total. The minimum atomic E-state index is -3.37. The van der Waals surface area contributed by atoms with Crippen LogP contribution in [0.5, 0.6) is 0 Å². The highest BCUT2D eigenvalue weighted by Gasteiger charge is 2.46. The van der Waals surface area contributed by atoms with Gasteiger partial charge in [-0.3, -0.25) is 34.3 Å². The van der Waals surface area contributed by atoms with Crippen LogP contribution >= 0.6 is 0 Å². The zero-order chi connectivity index (χ0) is 28.9. The van der Waals surface area contributed by atoms with Gasteiger partial charge in [-0.2, -0.15) is 0 Å². The smallest absolute Gasteiger partial charge is 0.265 e. The van der Waals surface area contributed by atoms with Crippen LogP contribution in [0.1, 0.15) is 44.5 Å². The lowest BCUT2D eigenvalue weighted by Crippen LogP contribution is -2.54. The third-order valence-electron chi connectivity index (χ3n) is 5.67. The third kappa shape index (κ3) is 3.39. The zero-order valence-electron chi connectivity index (χ0n) is 24.2. The van der Waals surface area contributed by atoms with E-state index < -0.39 is 78.3 Å². The van der Waals surface area contributed by atoms with E-state index in [1.54, 1.807) is 0 Å². The van der Waals surface area contributed by atoms with E-state index >= 15 is 4.39 Å². The Bertz CT molecular complexity index is 1280. The summed E-state index contributed by atoms with van der Waals surface area (Å²) < 4.78 is 84.4. The van der Waals surface area contributed by atoms with Crippen molar-refractivity contribution in [3.05, 3.63) is 29.1 Å². The molecule has 3 fully saturated rings. The molecule has 0 aliphatic carbocycles. The average molecular weight is 438 g/mol. The molecule has 2 N–H and O–H groups in total. The highest BCUT2D eigenvalue weighted by molar-refractivity contribution is 6.24. The monoisotopic (exact) mass is 437 g/mol. The minimum Gasteiger partial charge on any atom is -0.367 e. The molecule has 4 aliphatic heterocycles. The van der Waals surface area contributed by atoms with Crippen LogP contribution in [-0.4, -0.2) is 85.1 Å². The number of piperazine rings is 1. The fraction of sp³-hybridized carbons (Fsp3) is 0.524. The molecule has 4 heterocycles. The summed E-state index contributed by atoms with van der Waals surface area (Å²) in [6, 6.07) is 0.285. The van der Waals surface area contributed by atoms with Gasteiger partial charge in [0.1, 0.15) is 6.04 Å². The second kappa shape index (κ2) is 7.69. The first kappa shape index (κ1) is 12.9. The molecule has 0 bridgehead atoms. The molecule has 1 aromatic carbocycles. The van der Waals surface area contributed by atoms with Crippen molar-refractivity contribution < 1.29 is 34.5 Å². The first-order valence-electron chi connectivity index (χ1n) is 13.8. The number of nitrogens with one attached hydrogen (secondary N) is 2. The van der Waals surface area contributed by atoms with Crippen molar-refractivity contribution in [2.24, 2.45) is 5.92 Å². The van der Waals surface area contributed by atoms with Crippen LogP contribution in [0.2, 0.25) is 0 Å². The molecule has 4 amide bonds. The molecule has 164 valence electrons. The summed E-state index contributed by atoms with van der Waals surface area (Å²) in [5.74, 6) is -5.71. The average Bonchev–Trinajstić information content (AvgIpc) is 3.03. The molecule has 0 aromatic heterocycles. The normalized spacial score (nSPS) is 35.3. The predicted molar refractivity (Wildman–Crippen MR) is 108 cm³/mol. The van der Waals surface area contributed by atoms with Gasteiger partial charge in [0.25, 0.3) is 11.8 Å². The maximum Gasteiger partial charge on any atom is 0.265 e. The van der Waals surface area contributed by atoms with Crippen molar-refractivity contribution in [3.63, 3.8) is 0 Å². The maximum absolute atomic E-state index is 16.0. The Kier molecular flexibility index (Phi) is 3.19. The van der Waals surface area contributed by atoms with Gasteiger partial charge in [0, 0.05) is 57.5 Å². The van der Waals surface area contributed by atoms with Gasteiger partial charge in [0.2, 0.25) is 11.8 Å². The first-order chi connectivity index (χ1) is 18.0. The minimum absolute atomic E-state index is 0.00244. The molecule has 4 aliphatic rings. The SMILES string of the molecule is [2H]C1([2H])N(CC2CNC2)C([2H])([2H])C([2H])([2H])N(c2ccc3c(c2F)C(=O)N(C2CCC(=O)NC2=O)C3=O)C1([2H])[2H]. The van der Waals surface area contributed by atoms with Crippen molar-refractivity contribution in [1.29, 1.82) is 0 Å². The fourth-order valence-electron chi connectivity index (χ4n) is 3.90. The summed E-state index contributed by atoms with van der Waals surface area (Å²) in [5, 5.41) is 4.93. The molecule has 31 heavy (non-hydrogen) atoms. The summed E-state index contributed by atoms with van der Waals surface area (Å²) in [4.78, 5) is 50.9. The molecule has 0 radical (unpaired) electrons. The lowest BCUT2D eigenvalue weighted by atomic mass is 10.0. The molecule has 0 spiro atoms. The van der Waals surface area contributed by atoms with Crippen molar-refractivity contribution >= 4 is 29.3 Å². The van der Waals surface area contributed by atoms with Crippen LogP contribution < -0.4 is 15.5 Å². The second-order valence-corrected chi connectivity index (χ2v) is 7.69. The number of amides is 4. The molecule has 1 aromatic rings. The van der Waals surface area contributed by atoms with Crippen LogP contribution in [0.25, 0.3) is 0 Å². The number of rotatable bonds is 4. The summed E-state index contributed by atoms with van der Waals surface area (Å²) in [7, 11) is 0. The molecular weight excluding hydrogens is 405 g/mol. The number of hydrogen-bond acceptors (Lipinski definition) is 7. The topological polar surface area (TPSA) is 102 Å². The van der Waals surface area contributed by atoms with Crippen LogP contribution in [0.3, 0.4) is 0 Å². The number of benzene rings is 1. The summed E-state index contributed by atoms with van der Waals surface area (Å²) in [5.41, 5.74) is -2.36. The van der Waals surface area contributed by atoms with E-state index in [-0.39, 0.29) is 30.2 Å². The second-order valence-electron chi connectivity index (χ2n) is 7.69. The van der Waals surface area contributed by atoms with E-state index in [1.165, 1.54) is 0 Å². The van der Waals surface area contributed by atoms with E-state index in [0.29, 0.717) is 22.9 Å². The Morgan fingerprint density at radius 1 is 1.06 bits per heavy atom. The van der Waals surface area contributed by atoms with Crippen LogP contribution in [0.4, 0.5) is 10.1 Å². The van der Waals surface area contributed by atoms with Gasteiger partial charge in [-0.15, -0.1) is 0 Å². The molecule has 1 unspecified atom stereocenters. The zero-order valence-corrected chi connectivity index (χ0v) is 16.2. The quantitative estimate of drug-likeness (QED) is 0.617. The molecular formula is C21H24FN5O4. The maximum atomic E-state index is 16.0. The Morgan fingerprint density at radius 2 is 1.81 bits per heavy atom. The predicted octanol–water partition coefficient (Wildman–Crippen LogP) is -0.432. The van der Waals surface area contributed by atoms with Gasteiger partial charge in [0.05, 0.1) is 22.3 Å². The Labute approximate surface area is 189 Å². The summed E-state index contributed by atoms with van der Waals surface area (Å²) in [6.07, 6.45) is -0.377. The number of piperidine rings is 1. The van der Waals surface area contributed by atoms with Crippen LogP contribution in [-0.2, 0) is 9.59 Å². The number of anilines is 1. The lowest BCUT2D eigenvalue weighted by Gasteiger charge is -2.39. The van der Waals surface area contributed by atoms with Gasteiger partial charge in [-0.05, 0) is 24.5 Å². The van der Waals surface area contributed by atoms with Crippen molar-refractivity contribution in [1.82, 2.24) is 20.4 Å². The van der Waals surface area contributed by atoms with E-state index in [1.807, 2.05) is 5.32 Å². The number of imide groups is 2. The molecule has 0 saturated carbocycles. The van der Waals surface area contributed by atoms with Crippen molar-refractivity contribution in [2.45, 2.75) is 18.9 Å². The van der Waals surface area contributed by atoms with E-state index in [4.69, 9.17) is 11.0 Å². The van der Waals surface area contributed by atoms with E-state index in [9.17, 15) is 19.2 Å². The molecule has 10 heteroatoms. The van der Waals surface area contributed by atoms with Crippen LogP contribution in [0.15, 0.2) is 12.1 Å². The van der Waals surface area contributed by atoms with Gasteiger partial charge in [-0.1, -0.05) is 0 Å². The largest absolute Gasteiger partial charge is 0.367 e. The molecule has 3 saturated heterocycles. The van der Waals surface area contributed by atoms with Gasteiger partial charge < -0.3 is 10.2 Å². The number of fused-ring (bicyclic) bond motifs is 1. The number of nitrogens with zero attached hydrogens (tertiary/aromatic N) is 3. The number of carbonyl (C=O) groups is 4. The van der Waals surface area contributed by atoms with Crippen molar-refractivity contribution in [2.75, 3.05) is 50.5 Å². The third-order valence-corrected chi connectivity index (χ3v) is 5.67. The van der Waals surface area contributed by atoms with Crippen LogP contribution in [0, 0.1) is 11.7 Å². The number of hydrogen-bond donors (Lipinski definition) is 2. The van der Waals surface area contributed by atoms with Crippen molar-refractivity contribution in [3.8, 4) is 0 Å². The van der Waals surface area contributed by atoms with Gasteiger partial charge >= 0.3 is 0 Å².